The van der Waals surface area contributed by atoms with Crippen LogP contribution in [0.25, 0.3) is 0 Å². The van der Waals surface area contributed by atoms with Gasteiger partial charge in [0.1, 0.15) is 0 Å². The monoisotopic (exact) mass is 1180 g/mol. The van der Waals surface area contributed by atoms with Crippen molar-refractivity contribution in [3.05, 3.63) is 0 Å². The predicted octanol–water partition coefficient (Wildman–Crippen LogP) is 36.2. The van der Waals surface area contributed by atoms with Crippen molar-refractivity contribution in [1.82, 2.24) is 0 Å². The second kappa shape index (κ2) is 225. The van der Waals surface area contributed by atoms with E-state index in [1.807, 2.05) is 235 Å². The first-order valence-corrected chi connectivity index (χ1v) is 41.0. The quantitative estimate of drug-likeness (QED) is 0.227. The number of rotatable bonds is 0. The zero-order chi connectivity index (χ0) is 67.9. The summed E-state index contributed by atoms with van der Waals surface area (Å²) in [6.07, 6.45) is 72.0. The first kappa shape index (κ1) is 127. The Balaban J connectivity index is -0.0000000362. The van der Waals surface area contributed by atoms with E-state index < -0.39 is 0 Å². The summed E-state index contributed by atoms with van der Waals surface area (Å²) in [4.78, 5) is 0. The van der Waals surface area contributed by atoms with Gasteiger partial charge >= 0.3 is 0 Å². The van der Waals surface area contributed by atoms with Crippen LogP contribution in [-0.2, 0) is 0 Å². The van der Waals surface area contributed by atoms with Gasteiger partial charge in [0.15, 0.2) is 0 Å². The lowest BCUT2D eigenvalue weighted by atomic mass is 10.0. The fourth-order valence-electron chi connectivity index (χ4n) is 6.58. The van der Waals surface area contributed by atoms with E-state index in [9.17, 15) is 0 Å². The van der Waals surface area contributed by atoms with Gasteiger partial charge in [0.2, 0.25) is 0 Å². The van der Waals surface area contributed by atoms with Crippen molar-refractivity contribution in [3.63, 3.8) is 0 Å². The van der Waals surface area contributed by atoms with Gasteiger partial charge in [0, 0.05) is 0 Å². The first-order valence-electron chi connectivity index (χ1n) is 41.0. The van der Waals surface area contributed by atoms with Crippen molar-refractivity contribution in [1.29, 1.82) is 0 Å². The van der Waals surface area contributed by atoms with Crippen molar-refractivity contribution in [2.24, 2.45) is 0 Å². The highest BCUT2D eigenvalue weighted by Gasteiger charge is 1.99. The summed E-state index contributed by atoms with van der Waals surface area (Å²) in [6, 6.07) is 0. The standard InChI is InChI=1S/3C6H12.3C5H10.3C4H8.C3H6.17C2H6/c3*1-2-4-6-5-3-1;3*1-2-4-5-3-1;3*1-2-4-3-1;1-2-3-1;17*1-2/h3*1-6H2;3*1-5H2;3*1-4H2;1-3H2;17*1-2H3. The minimum atomic E-state index is 1.50. The molecule has 0 unspecified atom stereocenters. The second-order valence-corrected chi connectivity index (χ2v) is 17.0. The predicted molar refractivity (Wildman–Crippen MR) is 415 cm³/mol. The molecule has 10 rings (SSSR count). The smallest absolute Gasteiger partial charge is 0.0533 e. The van der Waals surface area contributed by atoms with Crippen LogP contribution in [0.4, 0.5) is 0 Å². The molecule has 526 valence electrons. The van der Waals surface area contributed by atoms with Crippen molar-refractivity contribution in [2.45, 2.75) is 544 Å². The Labute approximate surface area is 540 Å². The third-order valence-electron chi connectivity index (χ3n) is 11.6. The summed E-state index contributed by atoms with van der Waals surface area (Å²) >= 11 is 0. The topological polar surface area (TPSA) is 0 Å². The van der Waals surface area contributed by atoms with Crippen molar-refractivity contribution in [2.75, 3.05) is 0 Å². The van der Waals surface area contributed by atoms with Gasteiger partial charge in [0.05, 0.1) is 0 Å². The van der Waals surface area contributed by atoms with Crippen molar-refractivity contribution in [3.8, 4) is 0 Å². The minimum Gasteiger partial charge on any atom is -0.0683 e. The molecule has 0 bridgehead atoms. The summed E-state index contributed by atoms with van der Waals surface area (Å²) in [7, 11) is 0. The molecule has 10 aliphatic carbocycles. The SMILES string of the molecule is C1CC1.C1CCC1.C1CCC1.C1CCC1.C1CCCC1.C1CCCC1.C1CCCC1.C1CCCCC1.C1CCCCC1.C1CCCCC1.CC.CC.CC.CC.CC.CC.CC.CC.CC.CC.CC.CC.CC.CC.CC.CC.CC. The lowest BCUT2D eigenvalue weighted by Crippen LogP contribution is -1.85. The molecule has 0 nitrogen and oxygen atoms in total. The first-order chi connectivity index (χ1) is 41.0. The molecule has 0 aromatic carbocycles. The molecule has 10 aliphatic rings. The molecule has 0 aromatic heterocycles. The van der Waals surface area contributed by atoms with Crippen LogP contribution in [0.15, 0.2) is 0 Å². The molecule has 0 spiro atoms. The van der Waals surface area contributed by atoms with Gasteiger partial charge in [-0.05, 0) is 0 Å². The average molecular weight is 1180 g/mol. The molecule has 0 heteroatoms. The molecular formula is C82H198. The summed E-state index contributed by atoms with van der Waals surface area (Å²) < 4.78 is 0. The van der Waals surface area contributed by atoms with E-state index in [1.165, 1.54) is 308 Å². The van der Waals surface area contributed by atoms with Crippen LogP contribution in [0.5, 0.6) is 0 Å². The molecule has 10 saturated carbocycles. The molecule has 82 heavy (non-hydrogen) atoms. The zero-order valence-corrected chi connectivity index (χ0v) is 67.9. The summed E-state index contributed by atoms with van der Waals surface area (Å²) in [5.41, 5.74) is 0. The van der Waals surface area contributed by atoms with Crippen LogP contribution < -0.4 is 0 Å². The summed E-state index contributed by atoms with van der Waals surface area (Å²) in [5.74, 6) is 0. The molecule has 0 saturated heterocycles. The van der Waals surface area contributed by atoms with Crippen LogP contribution in [0.3, 0.4) is 0 Å². The fraction of sp³-hybridized carbons (Fsp3) is 1.00. The summed E-state index contributed by atoms with van der Waals surface area (Å²) in [5, 5.41) is 0. The highest BCUT2D eigenvalue weighted by molar-refractivity contribution is 4.55. The van der Waals surface area contributed by atoms with E-state index in [0.717, 1.165) is 0 Å². The minimum absolute atomic E-state index is 1.50. The van der Waals surface area contributed by atoms with E-state index in [0.29, 0.717) is 0 Å². The highest BCUT2D eigenvalue weighted by atomic mass is 14.1. The molecule has 10 fully saturated rings. The lowest BCUT2D eigenvalue weighted by Gasteiger charge is -2.05. The molecule has 0 amide bonds. The molecule has 0 aromatic rings. The van der Waals surface area contributed by atoms with E-state index >= 15 is 0 Å². The van der Waals surface area contributed by atoms with Crippen LogP contribution in [0.1, 0.15) is 544 Å². The van der Waals surface area contributed by atoms with Gasteiger partial charge in [-0.3, -0.25) is 0 Å². The third-order valence-corrected chi connectivity index (χ3v) is 11.6. The third kappa shape index (κ3) is 236. The van der Waals surface area contributed by atoms with Gasteiger partial charge < -0.3 is 0 Å². The normalized spacial score (nSPS) is 15.3. The Morgan fingerprint density at radius 2 is 0.0610 bits per heavy atom. The molecule has 0 radical (unpaired) electrons. The average Bonchev–Trinajstić information content (AvgIpc) is 3.99. The van der Waals surface area contributed by atoms with Crippen LogP contribution in [0, 0.1) is 0 Å². The Bertz CT molecular complexity index is 355. The van der Waals surface area contributed by atoms with Crippen LogP contribution in [-0.4, -0.2) is 0 Å². The molecule has 0 heterocycles. The number of hydrogen-bond donors (Lipinski definition) is 0. The van der Waals surface area contributed by atoms with Crippen molar-refractivity contribution >= 4 is 0 Å². The molecule has 0 N–H and O–H groups in total. The Kier molecular flexibility index (Phi) is 349. The van der Waals surface area contributed by atoms with Crippen LogP contribution >= 0.6 is 0 Å². The maximum absolute atomic E-state index is 2.00. The second-order valence-electron chi connectivity index (χ2n) is 17.0. The van der Waals surface area contributed by atoms with E-state index in [2.05, 4.69) is 0 Å². The molecular weight excluding hydrogens is 985 g/mol. The Morgan fingerprint density at radius 1 is 0.0488 bits per heavy atom. The highest BCUT2D eigenvalue weighted by Crippen LogP contribution is 2.19. The van der Waals surface area contributed by atoms with Gasteiger partial charge in [-0.25, -0.2) is 0 Å². The summed E-state index contributed by atoms with van der Waals surface area (Å²) in [6.45, 7) is 68.0. The fourth-order valence-corrected chi connectivity index (χ4v) is 6.58. The van der Waals surface area contributed by atoms with Gasteiger partial charge in [-0.2, -0.15) is 0 Å². The maximum Gasteiger partial charge on any atom is -0.0533 e. The van der Waals surface area contributed by atoms with Gasteiger partial charge in [-0.15, -0.1) is 0 Å². The van der Waals surface area contributed by atoms with E-state index in [-0.39, 0.29) is 0 Å². The largest absolute Gasteiger partial charge is 0.0683 e. The molecule has 0 atom stereocenters. The number of hydrogen-bond acceptors (Lipinski definition) is 0. The van der Waals surface area contributed by atoms with Gasteiger partial charge in [0.25, 0.3) is 0 Å². The van der Waals surface area contributed by atoms with E-state index in [1.54, 1.807) is 0 Å². The molecule has 0 aliphatic heterocycles. The maximum atomic E-state index is 2.00. The Morgan fingerprint density at radius 3 is 0.0732 bits per heavy atom. The van der Waals surface area contributed by atoms with Gasteiger partial charge in [-0.1, -0.05) is 544 Å². The zero-order valence-electron chi connectivity index (χ0n) is 67.9. The van der Waals surface area contributed by atoms with Crippen molar-refractivity contribution < 1.29 is 0 Å². The van der Waals surface area contributed by atoms with E-state index in [4.69, 9.17) is 0 Å². The lowest BCUT2D eigenvalue weighted by molar-refractivity contribution is 0.504. The Hall–Kier alpha value is 0. The van der Waals surface area contributed by atoms with Crippen LogP contribution in [0.2, 0.25) is 0 Å².